The second-order valence-electron chi connectivity index (χ2n) is 8.22. The molecule has 2 rings (SSSR count). The molecule has 0 spiro atoms. The van der Waals surface area contributed by atoms with E-state index in [4.69, 9.17) is 14.2 Å². The average Bonchev–Trinajstić information content (AvgIpc) is 2.67. The minimum absolute atomic E-state index is 0.179. The van der Waals surface area contributed by atoms with Crippen LogP contribution in [0.5, 0.6) is 5.75 Å². The van der Waals surface area contributed by atoms with Crippen molar-refractivity contribution in [1.82, 2.24) is 0 Å². The topological polar surface area (TPSA) is 27.7 Å². The molecule has 0 radical (unpaired) electrons. The lowest BCUT2D eigenvalue weighted by molar-refractivity contribution is -0.0842. The predicted octanol–water partition coefficient (Wildman–Crippen LogP) is 6.64. The van der Waals surface area contributed by atoms with Gasteiger partial charge in [0.25, 0.3) is 0 Å². The van der Waals surface area contributed by atoms with E-state index in [9.17, 15) is 0 Å². The summed E-state index contributed by atoms with van der Waals surface area (Å²) in [7, 11) is 3.32. The number of hydrogen-bond donors (Lipinski definition) is 0. The van der Waals surface area contributed by atoms with E-state index in [1.165, 1.54) is 29.7 Å². The van der Waals surface area contributed by atoms with E-state index < -0.39 is 0 Å². The van der Waals surface area contributed by atoms with Gasteiger partial charge in [0.2, 0.25) is 0 Å². The minimum atomic E-state index is -0.179. The SMILES string of the molecule is COC(CSc1ccc(OC/C(C)=C/CC2=C(C)CCCC2(C)C)cc1)OC. The highest BCUT2D eigenvalue weighted by atomic mass is 32.2. The van der Waals surface area contributed by atoms with Gasteiger partial charge in [0.05, 0.1) is 0 Å². The molecule has 0 N–H and O–H groups in total. The van der Waals surface area contributed by atoms with Crippen molar-refractivity contribution in [2.75, 3.05) is 26.6 Å². The monoisotopic (exact) mass is 404 g/mol. The van der Waals surface area contributed by atoms with Crippen LogP contribution in [0.25, 0.3) is 0 Å². The lowest BCUT2D eigenvalue weighted by atomic mass is 9.71. The summed E-state index contributed by atoms with van der Waals surface area (Å²) in [5.74, 6) is 1.67. The third kappa shape index (κ3) is 6.98. The molecule has 1 aromatic carbocycles. The zero-order valence-corrected chi connectivity index (χ0v) is 19.2. The van der Waals surface area contributed by atoms with Crippen LogP contribution in [0.3, 0.4) is 0 Å². The second kappa shape index (κ2) is 11.1. The smallest absolute Gasteiger partial charge is 0.166 e. The molecule has 0 aliphatic heterocycles. The Labute approximate surface area is 175 Å². The van der Waals surface area contributed by atoms with Crippen LogP contribution in [0.1, 0.15) is 53.4 Å². The number of thioether (sulfide) groups is 1. The maximum atomic E-state index is 5.97. The van der Waals surface area contributed by atoms with Crippen LogP contribution < -0.4 is 4.74 Å². The summed E-state index contributed by atoms with van der Waals surface area (Å²) in [5, 5.41) is 0. The summed E-state index contributed by atoms with van der Waals surface area (Å²) in [6.45, 7) is 9.86. The second-order valence-corrected chi connectivity index (χ2v) is 9.32. The zero-order valence-electron chi connectivity index (χ0n) is 18.3. The van der Waals surface area contributed by atoms with Gasteiger partial charge in [-0.1, -0.05) is 31.1 Å². The molecule has 0 amide bonds. The molecule has 3 nitrogen and oxygen atoms in total. The van der Waals surface area contributed by atoms with Gasteiger partial charge in [-0.05, 0) is 74.8 Å². The highest BCUT2D eigenvalue weighted by molar-refractivity contribution is 7.99. The van der Waals surface area contributed by atoms with Gasteiger partial charge in [-0.2, -0.15) is 0 Å². The van der Waals surface area contributed by atoms with Gasteiger partial charge in [-0.15, -0.1) is 11.8 Å². The fourth-order valence-corrected chi connectivity index (χ4v) is 4.62. The molecule has 1 aliphatic rings. The Kier molecular flexibility index (Phi) is 9.13. The summed E-state index contributed by atoms with van der Waals surface area (Å²) < 4.78 is 16.4. The molecular formula is C24H36O3S. The summed E-state index contributed by atoms with van der Waals surface area (Å²) in [4.78, 5) is 1.18. The number of methoxy groups -OCH3 is 2. The van der Waals surface area contributed by atoms with Crippen molar-refractivity contribution in [2.24, 2.45) is 5.41 Å². The summed E-state index contributed by atoms with van der Waals surface area (Å²) >= 11 is 1.71. The number of rotatable bonds is 10. The fourth-order valence-electron chi connectivity index (χ4n) is 3.69. The van der Waals surface area contributed by atoms with Crippen LogP contribution >= 0.6 is 11.8 Å². The van der Waals surface area contributed by atoms with E-state index in [-0.39, 0.29) is 6.29 Å². The van der Waals surface area contributed by atoms with Gasteiger partial charge in [0.15, 0.2) is 6.29 Å². The van der Waals surface area contributed by atoms with Crippen LogP contribution in [0.4, 0.5) is 0 Å². The van der Waals surface area contributed by atoms with Gasteiger partial charge in [-0.25, -0.2) is 0 Å². The molecule has 28 heavy (non-hydrogen) atoms. The molecule has 0 saturated heterocycles. The average molecular weight is 405 g/mol. The molecule has 156 valence electrons. The maximum Gasteiger partial charge on any atom is 0.166 e. The Morgan fingerprint density at radius 2 is 1.86 bits per heavy atom. The summed E-state index contributed by atoms with van der Waals surface area (Å²) in [5.41, 5.74) is 4.81. The van der Waals surface area contributed by atoms with E-state index in [2.05, 4.69) is 45.9 Å². The maximum absolute atomic E-state index is 5.97. The Bertz CT molecular complexity index is 670. The minimum Gasteiger partial charge on any atom is -0.489 e. The number of allylic oxidation sites excluding steroid dienone is 3. The van der Waals surface area contributed by atoms with Crippen molar-refractivity contribution in [3.05, 3.63) is 47.1 Å². The molecule has 4 heteroatoms. The van der Waals surface area contributed by atoms with Gasteiger partial charge >= 0.3 is 0 Å². The predicted molar refractivity (Wildman–Crippen MR) is 119 cm³/mol. The lowest BCUT2D eigenvalue weighted by Gasteiger charge is -2.34. The van der Waals surface area contributed by atoms with Gasteiger partial charge in [-0.3, -0.25) is 0 Å². The van der Waals surface area contributed by atoms with E-state index >= 15 is 0 Å². The summed E-state index contributed by atoms with van der Waals surface area (Å²) in [6, 6.07) is 8.22. The third-order valence-electron chi connectivity index (χ3n) is 5.54. The number of ether oxygens (including phenoxy) is 3. The molecule has 0 saturated carbocycles. The van der Waals surface area contributed by atoms with Crippen molar-refractivity contribution >= 4 is 11.8 Å². The first-order valence-corrected chi connectivity index (χ1v) is 11.1. The molecule has 0 unspecified atom stereocenters. The van der Waals surface area contributed by atoms with Crippen molar-refractivity contribution in [3.8, 4) is 5.75 Å². The molecule has 0 aromatic heterocycles. The molecule has 0 bridgehead atoms. The van der Waals surface area contributed by atoms with Crippen molar-refractivity contribution in [2.45, 2.75) is 64.6 Å². The molecule has 0 fully saturated rings. The largest absolute Gasteiger partial charge is 0.489 e. The van der Waals surface area contributed by atoms with Crippen molar-refractivity contribution < 1.29 is 14.2 Å². The number of benzene rings is 1. The molecule has 0 heterocycles. The first-order valence-electron chi connectivity index (χ1n) is 10.1. The fraction of sp³-hybridized carbons (Fsp3) is 0.583. The van der Waals surface area contributed by atoms with Gasteiger partial charge in [0.1, 0.15) is 12.4 Å². The zero-order chi connectivity index (χ0) is 20.6. The quantitative estimate of drug-likeness (QED) is 0.248. The van der Waals surface area contributed by atoms with Gasteiger partial charge in [0, 0.05) is 24.9 Å². The molecule has 0 atom stereocenters. The normalized spacial score (nSPS) is 17.3. The first kappa shape index (κ1) is 23.1. The molecule has 1 aromatic rings. The standard InChI is InChI=1S/C24H36O3S/c1-18(9-14-22-19(2)8-7-15-24(22,3)4)16-27-20-10-12-21(13-11-20)28-17-23(25-5)26-6/h9-13,23H,7-8,14-17H2,1-6H3/b18-9+. The highest BCUT2D eigenvalue weighted by Crippen LogP contribution is 2.42. The van der Waals surface area contributed by atoms with Crippen LogP contribution in [-0.2, 0) is 9.47 Å². The molecular weight excluding hydrogens is 368 g/mol. The van der Waals surface area contributed by atoms with E-state index in [0.717, 1.165) is 17.9 Å². The third-order valence-corrected chi connectivity index (χ3v) is 6.59. The van der Waals surface area contributed by atoms with Crippen molar-refractivity contribution in [1.29, 1.82) is 0 Å². The van der Waals surface area contributed by atoms with Crippen LogP contribution in [0, 0.1) is 5.41 Å². The first-order chi connectivity index (χ1) is 13.4. The van der Waals surface area contributed by atoms with Crippen LogP contribution in [0.2, 0.25) is 0 Å². The van der Waals surface area contributed by atoms with Gasteiger partial charge < -0.3 is 14.2 Å². The highest BCUT2D eigenvalue weighted by Gasteiger charge is 2.27. The van der Waals surface area contributed by atoms with Crippen LogP contribution in [0.15, 0.2) is 52.0 Å². The Morgan fingerprint density at radius 1 is 1.18 bits per heavy atom. The number of hydrogen-bond acceptors (Lipinski definition) is 4. The van der Waals surface area contributed by atoms with E-state index in [1.54, 1.807) is 37.1 Å². The van der Waals surface area contributed by atoms with E-state index in [1.807, 2.05) is 12.1 Å². The van der Waals surface area contributed by atoms with E-state index in [0.29, 0.717) is 12.0 Å². The Morgan fingerprint density at radius 3 is 2.46 bits per heavy atom. The lowest BCUT2D eigenvalue weighted by Crippen LogP contribution is -2.20. The van der Waals surface area contributed by atoms with Crippen molar-refractivity contribution in [3.63, 3.8) is 0 Å². The van der Waals surface area contributed by atoms with Crippen LogP contribution in [-0.4, -0.2) is 32.9 Å². The summed E-state index contributed by atoms with van der Waals surface area (Å²) in [6.07, 6.45) is 7.07. The Hall–Kier alpha value is -1.23. The Balaban J connectivity index is 1.83. The molecule has 1 aliphatic carbocycles.